The highest BCUT2D eigenvalue weighted by atomic mass is 16.3. The molecule has 1 unspecified atom stereocenters. The number of nitrogens with one attached hydrogen (secondary N) is 1. The van der Waals surface area contributed by atoms with E-state index in [2.05, 4.69) is 15.3 Å². The molecule has 3 rings (SSSR count). The summed E-state index contributed by atoms with van der Waals surface area (Å²) in [4.78, 5) is 34.6. The van der Waals surface area contributed by atoms with Crippen molar-refractivity contribution in [1.82, 2.24) is 19.9 Å². The first kappa shape index (κ1) is 17.1. The Morgan fingerprint density at radius 1 is 1.40 bits per heavy atom. The lowest BCUT2D eigenvalue weighted by atomic mass is 10.0. The number of anilines is 1. The maximum Gasteiger partial charge on any atom is 0.263 e. The van der Waals surface area contributed by atoms with E-state index >= 15 is 0 Å². The van der Waals surface area contributed by atoms with E-state index < -0.39 is 11.5 Å². The van der Waals surface area contributed by atoms with Crippen LogP contribution in [0.1, 0.15) is 22.5 Å². The number of amides is 1. The number of aryl methyl sites for hydroxylation is 1. The second kappa shape index (κ2) is 6.64. The van der Waals surface area contributed by atoms with Crippen LogP contribution in [0.5, 0.6) is 0 Å². The first-order valence-corrected chi connectivity index (χ1v) is 8.08. The van der Waals surface area contributed by atoms with Gasteiger partial charge in [-0.2, -0.15) is 0 Å². The summed E-state index contributed by atoms with van der Waals surface area (Å²) in [7, 11) is 1.62. The molecule has 0 saturated carbocycles. The van der Waals surface area contributed by atoms with Crippen LogP contribution < -0.4 is 15.8 Å². The van der Waals surface area contributed by atoms with Gasteiger partial charge in [0.15, 0.2) is 0 Å². The fourth-order valence-electron chi connectivity index (χ4n) is 2.89. The monoisotopic (exact) mass is 343 g/mol. The van der Waals surface area contributed by atoms with E-state index in [0.717, 1.165) is 5.69 Å². The van der Waals surface area contributed by atoms with Gasteiger partial charge in [0.05, 0.1) is 6.20 Å². The van der Waals surface area contributed by atoms with E-state index in [-0.39, 0.29) is 17.7 Å². The van der Waals surface area contributed by atoms with Crippen LogP contribution in [-0.4, -0.2) is 50.8 Å². The molecule has 1 saturated heterocycles. The Hall–Kier alpha value is -2.74. The number of pyridine rings is 1. The zero-order chi connectivity index (χ0) is 18.0. The van der Waals surface area contributed by atoms with E-state index in [0.29, 0.717) is 25.3 Å². The Morgan fingerprint density at radius 3 is 2.92 bits per heavy atom. The lowest BCUT2D eigenvalue weighted by Gasteiger charge is -2.24. The molecule has 1 aliphatic rings. The number of rotatable bonds is 4. The molecule has 8 heteroatoms. The maximum atomic E-state index is 12.3. The summed E-state index contributed by atoms with van der Waals surface area (Å²) < 4.78 is 1.43. The lowest BCUT2D eigenvalue weighted by Crippen LogP contribution is -2.46. The molecule has 0 spiro atoms. The number of β-amino-alcohol motifs (C(OH)–C–C–N with tert-alkyl or cyclic N) is 1. The normalized spacial score (nSPS) is 19.9. The van der Waals surface area contributed by atoms with Crippen LogP contribution in [-0.2, 0) is 7.05 Å². The van der Waals surface area contributed by atoms with Gasteiger partial charge < -0.3 is 19.9 Å². The second-order valence-electron chi connectivity index (χ2n) is 6.39. The molecular weight excluding hydrogens is 322 g/mol. The van der Waals surface area contributed by atoms with Gasteiger partial charge in [0.25, 0.3) is 11.5 Å². The molecule has 8 nitrogen and oxygen atoms in total. The van der Waals surface area contributed by atoms with Gasteiger partial charge in [-0.25, -0.2) is 4.98 Å². The van der Waals surface area contributed by atoms with Crippen LogP contribution in [0.25, 0.3) is 0 Å². The number of aromatic nitrogens is 3. The Morgan fingerprint density at radius 2 is 2.20 bits per heavy atom. The Labute approximate surface area is 145 Å². The van der Waals surface area contributed by atoms with Gasteiger partial charge in [-0.1, -0.05) is 0 Å². The minimum atomic E-state index is -1.07. The molecule has 1 fully saturated rings. The predicted octanol–water partition coefficient (Wildman–Crippen LogP) is -0.145. The minimum Gasteiger partial charge on any atom is -0.386 e. The SMILES string of the molecule is Cc1ccc(C(=O)NCC2(O)CCN(c3cnccn3)C2)c(=O)n1C. The van der Waals surface area contributed by atoms with Crippen molar-refractivity contribution in [3.05, 3.63) is 52.3 Å². The van der Waals surface area contributed by atoms with Crippen LogP contribution >= 0.6 is 0 Å². The van der Waals surface area contributed by atoms with Gasteiger partial charge in [0.2, 0.25) is 0 Å². The first-order valence-electron chi connectivity index (χ1n) is 8.08. The van der Waals surface area contributed by atoms with Crippen molar-refractivity contribution in [2.45, 2.75) is 18.9 Å². The highest BCUT2D eigenvalue weighted by molar-refractivity contribution is 5.93. The van der Waals surface area contributed by atoms with E-state index in [1.54, 1.807) is 38.6 Å². The Bertz CT molecular complexity index is 836. The molecule has 3 heterocycles. The fourth-order valence-corrected chi connectivity index (χ4v) is 2.89. The van der Waals surface area contributed by atoms with Crippen LogP contribution in [0.3, 0.4) is 0 Å². The minimum absolute atomic E-state index is 0.0691. The Kier molecular flexibility index (Phi) is 4.54. The van der Waals surface area contributed by atoms with Gasteiger partial charge in [-0.3, -0.25) is 14.6 Å². The highest BCUT2D eigenvalue weighted by Gasteiger charge is 2.37. The summed E-state index contributed by atoms with van der Waals surface area (Å²) in [5, 5.41) is 13.4. The summed E-state index contributed by atoms with van der Waals surface area (Å²) in [6, 6.07) is 3.23. The van der Waals surface area contributed by atoms with Crippen molar-refractivity contribution < 1.29 is 9.90 Å². The first-order chi connectivity index (χ1) is 11.9. The third-order valence-electron chi connectivity index (χ3n) is 4.58. The van der Waals surface area contributed by atoms with Gasteiger partial charge in [0, 0.05) is 44.8 Å². The Balaban J connectivity index is 1.65. The zero-order valence-electron chi connectivity index (χ0n) is 14.3. The van der Waals surface area contributed by atoms with Crippen LogP contribution in [0.2, 0.25) is 0 Å². The molecule has 0 aromatic carbocycles. The van der Waals surface area contributed by atoms with Gasteiger partial charge in [-0.15, -0.1) is 0 Å². The predicted molar refractivity (Wildman–Crippen MR) is 92.6 cm³/mol. The maximum absolute atomic E-state index is 12.3. The van der Waals surface area contributed by atoms with Crippen LogP contribution in [0.4, 0.5) is 5.82 Å². The molecular formula is C17H21N5O3. The number of aliphatic hydroxyl groups is 1. The largest absolute Gasteiger partial charge is 0.386 e. The molecule has 25 heavy (non-hydrogen) atoms. The summed E-state index contributed by atoms with van der Waals surface area (Å²) >= 11 is 0. The molecule has 2 N–H and O–H groups in total. The molecule has 2 aromatic rings. The van der Waals surface area contributed by atoms with E-state index in [9.17, 15) is 14.7 Å². The highest BCUT2D eigenvalue weighted by Crippen LogP contribution is 2.24. The molecule has 1 amide bonds. The van der Waals surface area contributed by atoms with Gasteiger partial charge in [0.1, 0.15) is 17.0 Å². The quantitative estimate of drug-likeness (QED) is 0.801. The topological polar surface area (TPSA) is 100 Å². The molecule has 0 bridgehead atoms. The third kappa shape index (κ3) is 3.53. The van der Waals surface area contributed by atoms with Gasteiger partial charge >= 0.3 is 0 Å². The summed E-state index contributed by atoms with van der Waals surface area (Å²) in [5.41, 5.74) is -0.573. The van der Waals surface area contributed by atoms with Crippen molar-refractivity contribution >= 4 is 11.7 Å². The number of hydrogen-bond acceptors (Lipinski definition) is 6. The van der Waals surface area contributed by atoms with Crippen LogP contribution in [0.15, 0.2) is 35.5 Å². The number of carbonyl (C=O) groups is 1. The number of carbonyl (C=O) groups excluding carboxylic acids is 1. The fraction of sp³-hybridized carbons (Fsp3) is 0.412. The summed E-state index contributed by atoms with van der Waals surface area (Å²) in [5.74, 6) is 0.212. The van der Waals surface area contributed by atoms with Crippen molar-refractivity contribution in [2.24, 2.45) is 7.05 Å². The average molecular weight is 343 g/mol. The third-order valence-corrected chi connectivity index (χ3v) is 4.58. The second-order valence-corrected chi connectivity index (χ2v) is 6.39. The summed E-state index contributed by atoms with van der Waals surface area (Å²) in [6.07, 6.45) is 5.33. The standard InChI is InChI=1S/C17H21N5O3/c1-12-3-4-13(16(24)21(12)2)15(23)20-10-17(25)5-8-22(11-17)14-9-18-6-7-19-14/h3-4,6-7,9,25H,5,8,10-11H2,1-2H3,(H,20,23). The average Bonchev–Trinajstić information content (AvgIpc) is 3.01. The summed E-state index contributed by atoms with van der Waals surface area (Å²) in [6.45, 7) is 2.83. The van der Waals surface area contributed by atoms with Crippen molar-refractivity contribution in [2.75, 3.05) is 24.5 Å². The molecule has 1 aliphatic heterocycles. The lowest BCUT2D eigenvalue weighted by molar-refractivity contribution is 0.0575. The van der Waals surface area contributed by atoms with Crippen LogP contribution in [0, 0.1) is 6.92 Å². The molecule has 1 atom stereocenters. The molecule has 2 aromatic heterocycles. The van der Waals surface area contributed by atoms with E-state index in [1.807, 2.05) is 4.90 Å². The zero-order valence-corrected chi connectivity index (χ0v) is 14.3. The smallest absolute Gasteiger partial charge is 0.263 e. The molecule has 0 radical (unpaired) electrons. The molecule has 132 valence electrons. The van der Waals surface area contributed by atoms with Crippen molar-refractivity contribution in [3.63, 3.8) is 0 Å². The van der Waals surface area contributed by atoms with Crippen molar-refractivity contribution in [1.29, 1.82) is 0 Å². The van der Waals surface area contributed by atoms with Crippen molar-refractivity contribution in [3.8, 4) is 0 Å². The number of hydrogen-bond donors (Lipinski definition) is 2. The van der Waals surface area contributed by atoms with E-state index in [4.69, 9.17) is 0 Å². The van der Waals surface area contributed by atoms with E-state index in [1.165, 1.54) is 10.6 Å². The molecule has 0 aliphatic carbocycles. The van der Waals surface area contributed by atoms with Gasteiger partial charge in [-0.05, 0) is 25.5 Å². The number of nitrogens with zero attached hydrogens (tertiary/aromatic N) is 4.